The number of nitrogens with zero attached hydrogens (tertiary/aromatic N) is 1. The number of halogens is 1. The lowest BCUT2D eigenvalue weighted by molar-refractivity contribution is -0.123. The monoisotopic (exact) mass is 236 g/mol. The molecular formula is C11H9ClN2O2. The van der Waals surface area contributed by atoms with Crippen molar-refractivity contribution in [3.05, 3.63) is 28.8 Å². The van der Waals surface area contributed by atoms with Gasteiger partial charge in [-0.15, -0.1) is 0 Å². The molecule has 2 heterocycles. The summed E-state index contributed by atoms with van der Waals surface area (Å²) < 4.78 is 0. The van der Waals surface area contributed by atoms with E-state index in [0.29, 0.717) is 22.8 Å². The van der Waals surface area contributed by atoms with Gasteiger partial charge >= 0.3 is 0 Å². The third-order valence-electron chi connectivity index (χ3n) is 3.07. The van der Waals surface area contributed by atoms with Crippen LogP contribution in [0.5, 0.6) is 0 Å². The molecule has 0 radical (unpaired) electrons. The second-order valence-corrected chi connectivity index (χ2v) is 4.36. The molecule has 1 aromatic carbocycles. The Balaban J connectivity index is 2.17. The minimum Gasteiger partial charge on any atom is -0.326 e. The Morgan fingerprint density at radius 3 is 2.88 bits per heavy atom. The first-order valence-electron chi connectivity index (χ1n) is 5.09. The zero-order valence-electron chi connectivity index (χ0n) is 8.37. The van der Waals surface area contributed by atoms with Crippen LogP contribution in [-0.2, 0) is 4.79 Å². The Hall–Kier alpha value is -1.55. The Morgan fingerprint density at radius 2 is 2.19 bits per heavy atom. The molecule has 4 nitrogen and oxygen atoms in total. The molecule has 0 unspecified atom stereocenters. The lowest BCUT2D eigenvalue weighted by Crippen LogP contribution is -2.55. The highest BCUT2D eigenvalue weighted by Gasteiger charge is 2.41. The van der Waals surface area contributed by atoms with Crippen LogP contribution in [0.1, 0.15) is 16.8 Å². The van der Waals surface area contributed by atoms with Gasteiger partial charge in [0.1, 0.15) is 6.04 Å². The van der Waals surface area contributed by atoms with Gasteiger partial charge in [-0.1, -0.05) is 17.7 Å². The predicted molar refractivity (Wildman–Crippen MR) is 59.5 cm³/mol. The number of nitrogens with one attached hydrogen (secondary N) is 1. The molecule has 2 aliphatic rings. The molecule has 1 N–H and O–H groups in total. The maximum absolute atomic E-state index is 12.1. The third kappa shape index (κ3) is 1.16. The van der Waals surface area contributed by atoms with Gasteiger partial charge in [0.15, 0.2) is 0 Å². The Kier molecular flexibility index (Phi) is 1.94. The fourth-order valence-corrected chi connectivity index (χ4v) is 2.36. The van der Waals surface area contributed by atoms with Crippen LogP contribution < -0.4 is 5.32 Å². The van der Waals surface area contributed by atoms with Crippen molar-refractivity contribution in [1.82, 2.24) is 4.90 Å². The number of anilines is 1. The maximum atomic E-state index is 12.1. The van der Waals surface area contributed by atoms with Gasteiger partial charge in [0.25, 0.3) is 5.91 Å². The lowest BCUT2D eigenvalue weighted by atomic mass is 10.0. The van der Waals surface area contributed by atoms with Crippen LogP contribution in [-0.4, -0.2) is 29.3 Å². The normalized spacial score (nSPS) is 22.8. The predicted octanol–water partition coefficient (Wildman–Crippen LogP) is 1.51. The minimum absolute atomic E-state index is 0.124. The van der Waals surface area contributed by atoms with E-state index in [4.69, 9.17) is 11.6 Å². The van der Waals surface area contributed by atoms with Crippen molar-refractivity contribution >= 4 is 29.1 Å². The lowest BCUT2D eigenvalue weighted by Gasteiger charge is -2.37. The summed E-state index contributed by atoms with van der Waals surface area (Å²) in [5.74, 6) is -0.282. The van der Waals surface area contributed by atoms with Crippen LogP contribution in [0.15, 0.2) is 18.2 Å². The van der Waals surface area contributed by atoms with Crippen LogP contribution >= 0.6 is 11.6 Å². The van der Waals surface area contributed by atoms with E-state index in [9.17, 15) is 9.59 Å². The Bertz CT molecular complexity index is 501. The molecule has 82 valence electrons. The van der Waals surface area contributed by atoms with Crippen LogP contribution in [0, 0.1) is 0 Å². The van der Waals surface area contributed by atoms with Crippen LogP contribution in [0.3, 0.4) is 0 Å². The van der Waals surface area contributed by atoms with Gasteiger partial charge in [-0.3, -0.25) is 9.59 Å². The third-order valence-corrected chi connectivity index (χ3v) is 3.38. The van der Waals surface area contributed by atoms with Gasteiger partial charge in [-0.25, -0.2) is 0 Å². The first-order valence-corrected chi connectivity index (χ1v) is 5.46. The van der Waals surface area contributed by atoms with Gasteiger partial charge in [0, 0.05) is 6.54 Å². The molecule has 1 fully saturated rings. The maximum Gasteiger partial charge on any atom is 0.258 e. The Labute approximate surface area is 97.2 Å². The van der Waals surface area contributed by atoms with E-state index in [1.165, 1.54) is 0 Å². The molecule has 0 spiro atoms. The molecular weight excluding hydrogens is 228 g/mol. The van der Waals surface area contributed by atoms with Crippen molar-refractivity contribution in [2.24, 2.45) is 0 Å². The van der Waals surface area contributed by atoms with E-state index in [-0.39, 0.29) is 17.9 Å². The number of hydrogen-bond donors (Lipinski definition) is 1. The molecule has 2 amide bonds. The molecule has 3 rings (SSSR count). The molecule has 0 bridgehead atoms. The summed E-state index contributed by atoms with van der Waals surface area (Å²) in [7, 11) is 0. The molecule has 0 aromatic heterocycles. The number of carbonyl (C=O) groups is 2. The molecule has 0 aliphatic carbocycles. The quantitative estimate of drug-likeness (QED) is 0.742. The van der Waals surface area contributed by atoms with E-state index in [1.54, 1.807) is 23.1 Å². The first-order chi connectivity index (χ1) is 7.68. The number of carbonyl (C=O) groups excluding carboxylic acids is 2. The second-order valence-electron chi connectivity index (χ2n) is 3.95. The van der Waals surface area contributed by atoms with Gasteiger partial charge < -0.3 is 10.2 Å². The van der Waals surface area contributed by atoms with Gasteiger partial charge in [0.05, 0.1) is 16.3 Å². The topological polar surface area (TPSA) is 49.4 Å². The van der Waals surface area contributed by atoms with E-state index in [0.717, 1.165) is 6.42 Å². The molecule has 1 atom stereocenters. The van der Waals surface area contributed by atoms with Crippen molar-refractivity contribution in [3.63, 3.8) is 0 Å². The SMILES string of the molecule is O=C1Nc2cccc(Cl)c2C(=O)N2CC[C@@H]12. The second kappa shape index (κ2) is 3.22. The summed E-state index contributed by atoms with van der Waals surface area (Å²) in [6.45, 7) is 0.627. The summed E-state index contributed by atoms with van der Waals surface area (Å²) in [4.78, 5) is 25.4. The first kappa shape index (κ1) is 9.66. The largest absolute Gasteiger partial charge is 0.326 e. The molecule has 5 heteroatoms. The van der Waals surface area contributed by atoms with Gasteiger partial charge in [-0.05, 0) is 18.6 Å². The smallest absolute Gasteiger partial charge is 0.258 e. The highest BCUT2D eigenvalue weighted by atomic mass is 35.5. The van der Waals surface area contributed by atoms with Crippen LogP contribution in [0.25, 0.3) is 0 Å². The van der Waals surface area contributed by atoms with E-state index in [1.807, 2.05) is 0 Å². The number of amides is 2. The average molecular weight is 237 g/mol. The molecule has 2 aliphatic heterocycles. The number of hydrogen-bond acceptors (Lipinski definition) is 2. The van der Waals surface area contributed by atoms with Gasteiger partial charge in [0.2, 0.25) is 5.91 Å². The van der Waals surface area contributed by atoms with Crippen molar-refractivity contribution in [2.75, 3.05) is 11.9 Å². The van der Waals surface area contributed by atoms with Crippen LogP contribution in [0.2, 0.25) is 5.02 Å². The van der Waals surface area contributed by atoms with Gasteiger partial charge in [-0.2, -0.15) is 0 Å². The summed E-state index contributed by atoms with van der Waals surface area (Å²) >= 11 is 6.00. The molecule has 16 heavy (non-hydrogen) atoms. The molecule has 0 saturated carbocycles. The van der Waals surface area contributed by atoms with Crippen molar-refractivity contribution in [2.45, 2.75) is 12.5 Å². The molecule has 1 aromatic rings. The minimum atomic E-state index is -0.323. The van der Waals surface area contributed by atoms with Crippen molar-refractivity contribution in [1.29, 1.82) is 0 Å². The van der Waals surface area contributed by atoms with Crippen molar-refractivity contribution in [3.8, 4) is 0 Å². The fourth-order valence-electron chi connectivity index (χ4n) is 2.11. The van der Waals surface area contributed by atoms with Crippen molar-refractivity contribution < 1.29 is 9.59 Å². The van der Waals surface area contributed by atoms with E-state index in [2.05, 4.69) is 5.32 Å². The highest BCUT2D eigenvalue weighted by Crippen LogP contribution is 2.33. The summed E-state index contributed by atoms with van der Waals surface area (Å²) in [6.07, 6.45) is 0.725. The summed E-state index contributed by atoms with van der Waals surface area (Å²) in [5.41, 5.74) is 0.914. The highest BCUT2D eigenvalue weighted by molar-refractivity contribution is 6.35. The van der Waals surface area contributed by atoms with E-state index >= 15 is 0 Å². The molecule has 1 saturated heterocycles. The fraction of sp³-hybridized carbons (Fsp3) is 0.273. The summed E-state index contributed by atoms with van der Waals surface area (Å²) in [6, 6.07) is 4.75. The standard InChI is InChI=1S/C11H9ClN2O2/c12-6-2-1-3-7-9(6)11(16)14-5-4-8(14)10(15)13-7/h1-3,8H,4-5H2,(H,13,15)/t8-/m0/s1. The Morgan fingerprint density at radius 1 is 1.38 bits per heavy atom. The average Bonchev–Trinajstić information content (AvgIpc) is 2.20. The van der Waals surface area contributed by atoms with E-state index < -0.39 is 0 Å². The number of fused-ring (bicyclic) bond motifs is 2. The number of benzene rings is 1. The zero-order valence-corrected chi connectivity index (χ0v) is 9.12. The van der Waals surface area contributed by atoms with Crippen LogP contribution in [0.4, 0.5) is 5.69 Å². The summed E-state index contributed by atoms with van der Waals surface area (Å²) in [5, 5.41) is 3.12. The zero-order chi connectivity index (χ0) is 11.3. The number of rotatable bonds is 0.